The predicted molar refractivity (Wildman–Crippen MR) is 102 cm³/mol. The first kappa shape index (κ1) is 20.7. The van der Waals surface area contributed by atoms with Gasteiger partial charge in [0.15, 0.2) is 0 Å². The molecule has 0 radical (unpaired) electrons. The molecule has 0 aromatic heterocycles. The number of nitrogens with zero attached hydrogens (tertiary/aromatic N) is 1. The predicted octanol–water partition coefficient (Wildman–Crippen LogP) is 2.10. The number of hydrogen-bond donors (Lipinski definition) is 2. The molecule has 27 heavy (non-hydrogen) atoms. The number of aryl methyl sites for hydroxylation is 1. The molecule has 7 heteroatoms. The van der Waals surface area contributed by atoms with Gasteiger partial charge in [-0.2, -0.15) is 0 Å². The topological polar surface area (TPSA) is 87.7 Å². The van der Waals surface area contributed by atoms with E-state index in [-0.39, 0.29) is 30.3 Å². The van der Waals surface area contributed by atoms with E-state index < -0.39 is 11.6 Å². The molecular formula is C20H29N3O4. The van der Waals surface area contributed by atoms with Crippen LogP contribution in [0.4, 0.5) is 4.79 Å². The van der Waals surface area contributed by atoms with Gasteiger partial charge in [0.05, 0.1) is 7.11 Å². The second kappa shape index (κ2) is 8.41. The standard InChI is InChI=1S/C20H29N3O4/c1-13(2)14(3)21-17(24)12-23-18(25)20(4,22-19(23)26)11-10-15-6-8-16(27-5)9-7-15/h6-9,13-14H,10-12H2,1-5H3,(H,21,24)(H,22,26)/t14-,20+/m0/s1. The molecule has 1 aliphatic rings. The van der Waals surface area contributed by atoms with Crippen molar-refractivity contribution in [2.24, 2.45) is 5.92 Å². The smallest absolute Gasteiger partial charge is 0.325 e. The maximum Gasteiger partial charge on any atom is 0.325 e. The summed E-state index contributed by atoms with van der Waals surface area (Å²) in [6.07, 6.45) is 1.07. The van der Waals surface area contributed by atoms with E-state index >= 15 is 0 Å². The lowest BCUT2D eigenvalue weighted by Crippen LogP contribution is -2.47. The lowest BCUT2D eigenvalue weighted by Gasteiger charge is -2.22. The summed E-state index contributed by atoms with van der Waals surface area (Å²) in [6.45, 7) is 7.32. The molecule has 1 heterocycles. The maximum atomic E-state index is 12.8. The van der Waals surface area contributed by atoms with Crippen molar-refractivity contribution in [3.63, 3.8) is 0 Å². The molecule has 1 aromatic carbocycles. The lowest BCUT2D eigenvalue weighted by molar-refractivity contribution is -0.135. The first-order chi connectivity index (χ1) is 12.7. The van der Waals surface area contributed by atoms with Crippen LogP contribution in [0, 0.1) is 5.92 Å². The highest BCUT2D eigenvalue weighted by molar-refractivity contribution is 6.08. The maximum absolute atomic E-state index is 12.8. The minimum atomic E-state index is -1.01. The fourth-order valence-electron chi connectivity index (χ4n) is 2.86. The largest absolute Gasteiger partial charge is 0.497 e. The molecule has 4 amide bonds. The number of carbonyl (C=O) groups excluding carboxylic acids is 3. The van der Waals surface area contributed by atoms with Crippen LogP contribution >= 0.6 is 0 Å². The number of urea groups is 1. The molecule has 1 aliphatic heterocycles. The number of ether oxygens (including phenoxy) is 1. The third kappa shape index (κ3) is 4.99. The average molecular weight is 375 g/mol. The normalized spacial score (nSPS) is 20.6. The van der Waals surface area contributed by atoms with Gasteiger partial charge < -0.3 is 15.4 Å². The molecular weight excluding hydrogens is 346 g/mol. The van der Waals surface area contributed by atoms with Gasteiger partial charge >= 0.3 is 6.03 Å². The van der Waals surface area contributed by atoms with Crippen LogP contribution in [0.3, 0.4) is 0 Å². The number of imide groups is 1. The van der Waals surface area contributed by atoms with Gasteiger partial charge in [-0.15, -0.1) is 0 Å². The highest BCUT2D eigenvalue weighted by Crippen LogP contribution is 2.24. The Morgan fingerprint density at radius 2 is 1.85 bits per heavy atom. The Hall–Kier alpha value is -2.57. The van der Waals surface area contributed by atoms with Crippen molar-refractivity contribution in [2.75, 3.05) is 13.7 Å². The van der Waals surface area contributed by atoms with Crippen molar-refractivity contribution in [1.29, 1.82) is 0 Å². The zero-order valence-corrected chi connectivity index (χ0v) is 16.7. The molecule has 0 aliphatic carbocycles. The summed E-state index contributed by atoms with van der Waals surface area (Å²) in [5.74, 6) is 0.335. The Balaban J connectivity index is 1.97. The zero-order chi connectivity index (χ0) is 20.2. The molecule has 0 saturated carbocycles. The van der Waals surface area contributed by atoms with Crippen LogP contribution in [-0.2, 0) is 16.0 Å². The summed E-state index contributed by atoms with van der Waals surface area (Å²) in [4.78, 5) is 38.2. The number of rotatable bonds is 8. The van der Waals surface area contributed by atoms with Gasteiger partial charge in [-0.25, -0.2) is 4.79 Å². The first-order valence-corrected chi connectivity index (χ1v) is 9.22. The number of methoxy groups -OCH3 is 1. The minimum absolute atomic E-state index is 0.0280. The third-order valence-electron chi connectivity index (χ3n) is 5.11. The fourth-order valence-corrected chi connectivity index (χ4v) is 2.86. The summed E-state index contributed by atoms with van der Waals surface area (Å²) in [7, 11) is 1.61. The fraction of sp³-hybridized carbons (Fsp3) is 0.550. The van der Waals surface area contributed by atoms with E-state index in [0.29, 0.717) is 12.8 Å². The second-order valence-electron chi connectivity index (χ2n) is 7.60. The van der Waals surface area contributed by atoms with Crippen LogP contribution in [0.1, 0.15) is 39.7 Å². The number of carbonyl (C=O) groups is 3. The Kier molecular flexibility index (Phi) is 6.46. The van der Waals surface area contributed by atoms with Gasteiger partial charge in [-0.1, -0.05) is 26.0 Å². The van der Waals surface area contributed by atoms with E-state index in [1.165, 1.54) is 0 Å². The molecule has 2 N–H and O–H groups in total. The molecule has 1 fully saturated rings. The Bertz CT molecular complexity index is 702. The monoisotopic (exact) mass is 375 g/mol. The number of hydrogen-bond acceptors (Lipinski definition) is 4. The SMILES string of the molecule is COc1ccc(CC[C@@]2(C)NC(=O)N(CC(=O)N[C@@H](C)C(C)C)C2=O)cc1. The Labute approximate surface area is 160 Å². The van der Waals surface area contributed by atoms with Gasteiger partial charge in [0, 0.05) is 6.04 Å². The summed E-state index contributed by atoms with van der Waals surface area (Å²) < 4.78 is 5.14. The first-order valence-electron chi connectivity index (χ1n) is 9.22. The molecule has 2 atom stereocenters. The van der Waals surface area contributed by atoms with Gasteiger partial charge in [0.25, 0.3) is 5.91 Å². The summed E-state index contributed by atoms with van der Waals surface area (Å²) in [5, 5.41) is 5.56. The van der Waals surface area contributed by atoms with Crippen LogP contribution in [0.15, 0.2) is 24.3 Å². The Morgan fingerprint density at radius 1 is 1.22 bits per heavy atom. The van der Waals surface area contributed by atoms with Crippen molar-refractivity contribution < 1.29 is 19.1 Å². The van der Waals surface area contributed by atoms with Crippen molar-refractivity contribution in [2.45, 2.75) is 52.1 Å². The molecule has 0 spiro atoms. The van der Waals surface area contributed by atoms with Crippen molar-refractivity contribution >= 4 is 17.8 Å². The highest BCUT2D eigenvalue weighted by atomic mass is 16.5. The van der Waals surface area contributed by atoms with E-state index in [1.807, 2.05) is 45.0 Å². The van der Waals surface area contributed by atoms with E-state index in [1.54, 1.807) is 14.0 Å². The highest BCUT2D eigenvalue weighted by Gasteiger charge is 2.47. The van der Waals surface area contributed by atoms with Crippen molar-refractivity contribution in [1.82, 2.24) is 15.5 Å². The summed E-state index contributed by atoms with van der Waals surface area (Å²) in [5.41, 5.74) is 0.0297. The van der Waals surface area contributed by atoms with Gasteiger partial charge in [-0.05, 0) is 50.3 Å². The summed E-state index contributed by atoms with van der Waals surface area (Å²) in [6, 6.07) is 7.03. The molecule has 2 rings (SSSR count). The number of benzene rings is 1. The quantitative estimate of drug-likeness (QED) is 0.681. The van der Waals surface area contributed by atoms with Crippen molar-refractivity contribution in [3.05, 3.63) is 29.8 Å². The average Bonchev–Trinajstić information content (AvgIpc) is 2.84. The third-order valence-corrected chi connectivity index (χ3v) is 5.11. The minimum Gasteiger partial charge on any atom is -0.497 e. The zero-order valence-electron chi connectivity index (χ0n) is 16.7. The number of amides is 4. The van der Waals surface area contributed by atoms with Crippen LogP contribution in [0.2, 0.25) is 0 Å². The molecule has 1 aromatic rings. The van der Waals surface area contributed by atoms with Crippen LogP contribution < -0.4 is 15.4 Å². The molecule has 148 valence electrons. The second-order valence-corrected chi connectivity index (χ2v) is 7.60. The van der Waals surface area contributed by atoms with Gasteiger partial charge in [-0.3, -0.25) is 14.5 Å². The lowest BCUT2D eigenvalue weighted by atomic mass is 9.93. The van der Waals surface area contributed by atoms with E-state index in [0.717, 1.165) is 16.2 Å². The van der Waals surface area contributed by atoms with Crippen LogP contribution in [-0.4, -0.2) is 48.0 Å². The number of nitrogens with one attached hydrogen (secondary N) is 2. The van der Waals surface area contributed by atoms with E-state index in [2.05, 4.69) is 10.6 Å². The molecule has 7 nitrogen and oxygen atoms in total. The van der Waals surface area contributed by atoms with Gasteiger partial charge in [0.2, 0.25) is 5.91 Å². The van der Waals surface area contributed by atoms with E-state index in [9.17, 15) is 14.4 Å². The van der Waals surface area contributed by atoms with Crippen molar-refractivity contribution in [3.8, 4) is 5.75 Å². The molecule has 1 saturated heterocycles. The molecule has 0 unspecified atom stereocenters. The van der Waals surface area contributed by atoms with Gasteiger partial charge in [0.1, 0.15) is 17.8 Å². The van der Waals surface area contributed by atoms with Crippen LogP contribution in [0.25, 0.3) is 0 Å². The van der Waals surface area contributed by atoms with Crippen LogP contribution in [0.5, 0.6) is 5.75 Å². The Morgan fingerprint density at radius 3 is 2.41 bits per heavy atom. The van der Waals surface area contributed by atoms with E-state index in [4.69, 9.17) is 4.74 Å². The summed E-state index contributed by atoms with van der Waals surface area (Å²) >= 11 is 0. The molecule has 0 bridgehead atoms.